The summed E-state index contributed by atoms with van der Waals surface area (Å²) in [7, 11) is 6.55. The minimum atomic E-state index is 0.701. The monoisotopic (exact) mass is 350 g/mol. The highest BCUT2D eigenvalue weighted by atomic mass is 16.5. The fourth-order valence-electron chi connectivity index (χ4n) is 2.99. The van der Waals surface area contributed by atoms with Crippen molar-refractivity contribution >= 4 is 0 Å². The van der Waals surface area contributed by atoms with Crippen molar-refractivity contribution in [3.63, 3.8) is 0 Å². The molecule has 0 saturated carbocycles. The van der Waals surface area contributed by atoms with E-state index in [1.165, 1.54) is 0 Å². The highest BCUT2D eigenvalue weighted by Gasteiger charge is 2.12. The average Bonchev–Trinajstić information content (AvgIpc) is 2.72. The Balaban J connectivity index is 2.13. The van der Waals surface area contributed by atoms with E-state index in [1.807, 2.05) is 48.5 Å². The second-order valence-electron chi connectivity index (χ2n) is 5.69. The van der Waals surface area contributed by atoms with Gasteiger partial charge in [0, 0.05) is 0 Å². The van der Waals surface area contributed by atoms with Gasteiger partial charge in [0.05, 0.1) is 28.4 Å². The van der Waals surface area contributed by atoms with Crippen molar-refractivity contribution in [2.45, 2.75) is 0 Å². The Morgan fingerprint density at radius 2 is 0.846 bits per heavy atom. The molecule has 0 bridgehead atoms. The zero-order chi connectivity index (χ0) is 18.5. The van der Waals surface area contributed by atoms with Gasteiger partial charge in [0.1, 0.15) is 0 Å². The van der Waals surface area contributed by atoms with Crippen LogP contribution in [0, 0.1) is 0 Å². The molecule has 4 nitrogen and oxygen atoms in total. The lowest BCUT2D eigenvalue weighted by Gasteiger charge is -2.14. The second kappa shape index (κ2) is 7.83. The molecule has 0 aliphatic rings. The molecule has 134 valence electrons. The summed E-state index contributed by atoms with van der Waals surface area (Å²) >= 11 is 0. The van der Waals surface area contributed by atoms with Crippen LogP contribution < -0.4 is 18.9 Å². The first kappa shape index (κ1) is 17.7. The van der Waals surface area contributed by atoms with Gasteiger partial charge in [-0.25, -0.2) is 0 Å². The predicted octanol–water partition coefficient (Wildman–Crippen LogP) is 5.06. The molecule has 0 spiro atoms. The number of benzene rings is 3. The molecule has 0 radical (unpaired) electrons. The Morgan fingerprint density at radius 3 is 1.19 bits per heavy atom. The molecular formula is C22H22O4. The SMILES string of the molecule is COc1ccc(-c2ccccc2-c2ccc(OC)c(OC)c2)cc1OC. The number of hydrogen-bond donors (Lipinski definition) is 0. The zero-order valence-electron chi connectivity index (χ0n) is 15.4. The van der Waals surface area contributed by atoms with Gasteiger partial charge in [-0.3, -0.25) is 0 Å². The number of ether oxygens (including phenoxy) is 4. The molecule has 0 unspecified atom stereocenters. The molecule has 0 aliphatic heterocycles. The molecular weight excluding hydrogens is 328 g/mol. The van der Waals surface area contributed by atoms with E-state index >= 15 is 0 Å². The lowest BCUT2D eigenvalue weighted by molar-refractivity contribution is 0.355. The van der Waals surface area contributed by atoms with Crippen LogP contribution in [0.2, 0.25) is 0 Å². The van der Waals surface area contributed by atoms with Crippen molar-refractivity contribution in [3.05, 3.63) is 60.7 Å². The Bertz CT molecular complexity index is 828. The van der Waals surface area contributed by atoms with E-state index in [0.717, 1.165) is 22.3 Å². The van der Waals surface area contributed by atoms with Gasteiger partial charge in [-0.1, -0.05) is 36.4 Å². The van der Waals surface area contributed by atoms with Gasteiger partial charge < -0.3 is 18.9 Å². The van der Waals surface area contributed by atoms with Crippen molar-refractivity contribution < 1.29 is 18.9 Å². The third-order valence-corrected chi connectivity index (χ3v) is 4.32. The molecule has 3 rings (SSSR count). The maximum Gasteiger partial charge on any atom is 0.161 e. The Morgan fingerprint density at radius 1 is 0.462 bits per heavy atom. The third-order valence-electron chi connectivity index (χ3n) is 4.32. The standard InChI is InChI=1S/C22H22O4/c1-23-19-11-9-15(13-21(19)25-3)17-7-5-6-8-18(17)16-10-12-20(24-2)22(14-16)26-4/h5-14H,1-4H3. The summed E-state index contributed by atoms with van der Waals surface area (Å²) in [5, 5.41) is 0. The highest BCUT2D eigenvalue weighted by Crippen LogP contribution is 2.39. The first-order valence-corrected chi connectivity index (χ1v) is 8.25. The second-order valence-corrected chi connectivity index (χ2v) is 5.69. The minimum absolute atomic E-state index is 0.701. The van der Waals surface area contributed by atoms with Gasteiger partial charge in [0.2, 0.25) is 0 Å². The average molecular weight is 350 g/mol. The first-order valence-electron chi connectivity index (χ1n) is 8.25. The van der Waals surface area contributed by atoms with Crippen LogP contribution in [-0.2, 0) is 0 Å². The van der Waals surface area contributed by atoms with Crippen LogP contribution in [0.3, 0.4) is 0 Å². The normalized spacial score (nSPS) is 10.3. The van der Waals surface area contributed by atoms with Gasteiger partial charge >= 0.3 is 0 Å². The molecule has 26 heavy (non-hydrogen) atoms. The number of hydrogen-bond acceptors (Lipinski definition) is 4. The summed E-state index contributed by atoms with van der Waals surface area (Å²) in [5.41, 5.74) is 4.29. The van der Waals surface area contributed by atoms with Gasteiger partial charge in [-0.05, 0) is 46.5 Å². The van der Waals surface area contributed by atoms with E-state index in [0.29, 0.717) is 23.0 Å². The smallest absolute Gasteiger partial charge is 0.161 e. The van der Waals surface area contributed by atoms with Crippen molar-refractivity contribution in [1.82, 2.24) is 0 Å². The summed E-state index contributed by atoms with van der Waals surface area (Å²) < 4.78 is 21.6. The molecule has 0 fully saturated rings. The quantitative estimate of drug-likeness (QED) is 0.623. The molecule has 3 aromatic carbocycles. The van der Waals surface area contributed by atoms with Gasteiger partial charge in [-0.2, -0.15) is 0 Å². The summed E-state index contributed by atoms with van der Waals surface area (Å²) in [5.74, 6) is 2.82. The molecule has 0 aromatic heterocycles. The van der Waals surface area contributed by atoms with E-state index in [1.54, 1.807) is 28.4 Å². The fourth-order valence-corrected chi connectivity index (χ4v) is 2.99. The summed E-state index contributed by atoms with van der Waals surface area (Å²) in [6, 6.07) is 20.1. The van der Waals surface area contributed by atoms with Crippen LogP contribution in [0.25, 0.3) is 22.3 Å². The lowest BCUT2D eigenvalue weighted by atomic mass is 9.94. The number of rotatable bonds is 6. The lowest BCUT2D eigenvalue weighted by Crippen LogP contribution is -1.93. The number of methoxy groups -OCH3 is 4. The van der Waals surface area contributed by atoms with Gasteiger partial charge in [0.15, 0.2) is 23.0 Å². The van der Waals surface area contributed by atoms with Crippen LogP contribution in [0.4, 0.5) is 0 Å². The molecule has 0 saturated heterocycles. The maximum absolute atomic E-state index is 5.45. The van der Waals surface area contributed by atoms with E-state index in [4.69, 9.17) is 18.9 Å². The van der Waals surface area contributed by atoms with Crippen molar-refractivity contribution in [2.24, 2.45) is 0 Å². The predicted molar refractivity (Wildman–Crippen MR) is 104 cm³/mol. The molecule has 0 aliphatic carbocycles. The van der Waals surface area contributed by atoms with Gasteiger partial charge in [0.25, 0.3) is 0 Å². The minimum Gasteiger partial charge on any atom is -0.493 e. The van der Waals surface area contributed by atoms with E-state index in [2.05, 4.69) is 12.1 Å². The molecule has 3 aromatic rings. The van der Waals surface area contributed by atoms with E-state index in [9.17, 15) is 0 Å². The van der Waals surface area contributed by atoms with Crippen LogP contribution in [-0.4, -0.2) is 28.4 Å². The summed E-state index contributed by atoms with van der Waals surface area (Å²) in [6.45, 7) is 0. The molecule has 0 atom stereocenters. The summed E-state index contributed by atoms with van der Waals surface area (Å²) in [4.78, 5) is 0. The zero-order valence-corrected chi connectivity index (χ0v) is 15.4. The Hall–Kier alpha value is -3.14. The van der Waals surface area contributed by atoms with E-state index in [-0.39, 0.29) is 0 Å². The maximum atomic E-state index is 5.45. The Labute approximate surface area is 153 Å². The topological polar surface area (TPSA) is 36.9 Å². The molecule has 4 heteroatoms. The van der Waals surface area contributed by atoms with E-state index < -0.39 is 0 Å². The van der Waals surface area contributed by atoms with Crippen molar-refractivity contribution in [1.29, 1.82) is 0 Å². The van der Waals surface area contributed by atoms with Crippen molar-refractivity contribution in [3.8, 4) is 45.3 Å². The van der Waals surface area contributed by atoms with Crippen LogP contribution >= 0.6 is 0 Å². The molecule has 0 N–H and O–H groups in total. The van der Waals surface area contributed by atoms with Crippen LogP contribution in [0.15, 0.2) is 60.7 Å². The summed E-state index contributed by atoms with van der Waals surface area (Å²) in [6.07, 6.45) is 0. The highest BCUT2D eigenvalue weighted by molar-refractivity contribution is 5.85. The molecule has 0 heterocycles. The van der Waals surface area contributed by atoms with Crippen LogP contribution in [0.5, 0.6) is 23.0 Å². The third kappa shape index (κ3) is 3.31. The van der Waals surface area contributed by atoms with Gasteiger partial charge in [-0.15, -0.1) is 0 Å². The first-order chi connectivity index (χ1) is 12.7. The van der Waals surface area contributed by atoms with Crippen molar-refractivity contribution in [2.75, 3.05) is 28.4 Å². The van der Waals surface area contributed by atoms with Crippen LogP contribution in [0.1, 0.15) is 0 Å². The molecule has 0 amide bonds. The Kier molecular flexibility index (Phi) is 5.32. The largest absolute Gasteiger partial charge is 0.493 e. The fraction of sp³-hybridized carbons (Fsp3) is 0.182.